The molecule has 2 aromatic rings. The van der Waals surface area contributed by atoms with E-state index in [4.69, 9.17) is 0 Å². The molecule has 2 rings (SSSR count). The summed E-state index contributed by atoms with van der Waals surface area (Å²) in [4.78, 5) is 22.4. The molecule has 120 valence electrons. The third-order valence-corrected chi connectivity index (χ3v) is 4.09. The number of nitro groups is 1. The largest absolute Gasteiger partial charge is 0.320 e. The number of rotatable bonds is 4. The predicted molar refractivity (Wildman–Crippen MR) is 97.2 cm³/mol. The Labute approximate surface area is 154 Å². The van der Waals surface area contributed by atoms with Crippen LogP contribution in [0.5, 0.6) is 0 Å². The van der Waals surface area contributed by atoms with Crippen molar-refractivity contribution in [2.75, 3.05) is 5.32 Å². The third kappa shape index (κ3) is 4.50. The van der Waals surface area contributed by atoms with Gasteiger partial charge in [0.2, 0.25) is 0 Å². The lowest BCUT2D eigenvalue weighted by Gasteiger charge is -2.06. The van der Waals surface area contributed by atoms with Crippen LogP contribution in [0.15, 0.2) is 57.0 Å². The van der Waals surface area contributed by atoms with Crippen LogP contribution in [0, 0.1) is 21.4 Å². The van der Waals surface area contributed by atoms with Crippen LogP contribution >= 0.6 is 31.9 Å². The maximum Gasteiger partial charge on any atom is 0.270 e. The van der Waals surface area contributed by atoms with Crippen LogP contribution in [-0.2, 0) is 4.79 Å². The van der Waals surface area contributed by atoms with Gasteiger partial charge in [0.05, 0.1) is 10.6 Å². The number of nitro benzene ring substituents is 1. The Kier molecular flexibility index (Phi) is 5.84. The van der Waals surface area contributed by atoms with Crippen molar-refractivity contribution >= 4 is 55.2 Å². The molecule has 6 nitrogen and oxygen atoms in total. The van der Waals surface area contributed by atoms with Crippen LogP contribution in [0.4, 0.5) is 11.4 Å². The van der Waals surface area contributed by atoms with E-state index in [0.29, 0.717) is 15.7 Å². The maximum atomic E-state index is 12.2. The molecule has 0 atom stereocenters. The first-order valence-corrected chi connectivity index (χ1v) is 8.12. The lowest BCUT2D eigenvalue weighted by atomic mass is 10.1. The first-order chi connectivity index (χ1) is 11.4. The number of amides is 1. The first-order valence-electron chi connectivity index (χ1n) is 6.53. The quantitative estimate of drug-likeness (QED) is 0.317. The van der Waals surface area contributed by atoms with E-state index in [-0.39, 0.29) is 11.3 Å². The first kappa shape index (κ1) is 17.8. The van der Waals surface area contributed by atoms with Gasteiger partial charge in [-0.05, 0) is 45.8 Å². The zero-order valence-corrected chi connectivity index (χ0v) is 15.2. The normalized spacial score (nSPS) is 10.8. The number of nitrogens with one attached hydrogen (secondary N) is 1. The Hall–Kier alpha value is -2.50. The molecule has 0 spiro atoms. The lowest BCUT2D eigenvalue weighted by Crippen LogP contribution is -2.13. The Morgan fingerprint density at radius 2 is 2.00 bits per heavy atom. The van der Waals surface area contributed by atoms with Gasteiger partial charge in [0, 0.05) is 21.1 Å². The minimum Gasteiger partial charge on any atom is -0.320 e. The fraction of sp³-hybridized carbons (Fsp3) is 0. The van der Waals surface area contributed by atoms with E-state index in [1.807, 2.05) is 12.1 Å². The highest BCUT2D eigenvalue weighted by atomic mass is 79.9. The average molecular weight is 451 g/mol. The Balaban J connectivity index is 2.24. The molecule has 1 N–H and O–H groups in total. The summed E-state index contributed by atoms with van der Waals surface area (Å²) < 4.78 is 1.18. The van der Waals surface area contributed by atoms with Gasteiger partial charge in [-0.15, -0.1) is 0 Å². The zero-order valence-electron chi connectivity index (χ0n) is 12.0. The molecule has 0 heterocycles. The number of hydrogen-bond acceptors (Lipinski definition) is 4. The number of nitriles is 1. The molecule has 0 aliphatic carbocycles. The van der Waals surface area contributed by atoms with Crippen LogP contribution in [0.1, 0.15) is 5.56 Å². The van der Waals surface area contributed by atoms with Crippen LogP contribution in [0.2, 0.25) is 0 Å². The fourth-order valence-corrected chi connectivity index (χ4v) is 2.70. The molecule has 24 heavy (non-hydrogen) atoms. The summed E-state index contributed by atoms with van der Waals surface area (Å²) >= 11 is 6.48. The fourth-order valence-electron chi connectivity index (χ4n) is 1.82. The number of benzene rings is 2. The molecule has 2 aromatic carbocycles. The van der Waals surface area contributed by atoms with Gasteiger partial charge < -0.3 is 5.32 Å². The minimum absolute atomic E-state index is 0.0849. The molecule has 0 fully saturated rings. The summed E-state index contributed by atoms with van der Waals surface area (Å²) in [5.41, 5.74) is 0.836. The van der Waals surface area contributed by atoms with Crippen molar-refractivity contribution in [3.8, 4) is 6.07 Å². The summed E-state index contributed by atoms with van der Waals surface area (Å²) in [5, 5.41) is 22.5. The number of anilines is 1. The van der Waals surface area contributed by atoms with E-state index in [1.165, 1.54) is 24.3 Å². The number of nitrogens with zero attached hydrogens (tertiary/aromatic N) is 2. The summed E-state index contributed by atoms with van der Waals surface area (Å²) in [6.07, 6.45) is 1.46. The molecule has 0 saturated heterocycles. The van der Waals surface area contributed by atoms with Crippen molar-refractivity contribution in [2.24, 2.45) is 0 Å². The van der Waals surface area contributed by atoms with Crippen molar-refractivity contribution in [3.05, 3.63) is 72.7 Å². The number of carbonyl (C=O) groups excluding carboxylic acids is 1. The topological polar surface area (TPSA) is 96.0 Å². The van der Waals surface area contributed by atoms with E-state index >= 15 is 0 Å². The molecule has 0 aromatic heterocycles. The third-order valence-electron chi connectivity index (χ3n) is 2.94. The number of carbonyl (C=O) groups is 1. The molecular weight excluding hydrogens is 442 g/mol. The monoisotopic (exact) mass is 449 g/mol. The molecule has 0 unspecified atom stereocenters. The Morgan fingerprint density at radius 1 is 1.25 bits per heavy atom. The highest BCUT2D eigenvalue weighted by Crippen LogP contribution is 2.27. The van der Waals surface area contributed by atoms with E-state index in [2.05, 4.69) is 37.2 Å². The molecule has 0 aliphatic heterocycles. The molecule has 0 bridgehead atoms. The Bertz CT molecular complexity index is 888. The van der Waals surface area contributed by atoms with Gasteiger partial charge in [-0.25, -0.2) is 0 Å². The van der Waals surface area contributed by atoms with Gasteiger partial charge in [0.25, 0.3) is 11.6 Å². The van der Waals surface area contributed by atoms with Crippen molar-refractivity contribution in [2.45, 2.75) is 0 Å². The van der Waals surface area contributed by atoms with Crippen LogP contribution < -0.4 is 5.32 Å². The van der Waals surface area contributed by atoms with Gasteiger partial charge in [-0.2, -0.15) is 5.26 Å². The molecule has 0 saturated carbocycles. The molecular formula is C16H9Br2N3O3. The van der Waals surface area contributed by atoms with Crippen molar-refractivity contribution < 1.29 is 9.72 Å². The average Bonchev–Trinajstić information content (AvgIpc) is 2.54. The van der Waals surface area contributed by atoms with Gasteiger partial charge >= 0.3 is 0 Å². The van der Waals surface area contributed by atoms with E-state index < -0.39 is 10.8 Å². The summed E-state index contributed by atoms with van der Waals surface area (Å²) in [7, 11) is 0. The zero-order chi connectivity index (χ0) is 17.7. The van der Waals surface area contributed by atoms with E-state index in [1.54, 1.807) is 18.2 Å². The second-order valence-corrected chi connectivity index (χ2v) is 6.37. The molecule has 0 aliphatic rings. The van der Waals surface area contributed by atoms with Crippen LogP contribution in [-0.4, -0.2) is 10.8 Å². The van der Waals surface area contributed by atoms with Gasteiger partial charge in [0.1, 0.15) is 11.6 Å². The summed E-state index contributed by atoms with van der Waals surface area (Å²) in [6, 6.07) is 12.9. The van der Waals surface area contributed by atoms with Crippen molar-refractivity contribution in [3.63, 3.8) is 0 Å². The van der Waals surface area contributed by atoms with Gasteiger partial charge in [-0.3, -0.25) is 14.9 Å². The molecule has 0 radical (unpaired) electrons. The predicted octanol–water partition coefficient (Wildman–Crippen LogP) is 4.67. The summed E-state index contributed by atoms with van der Waals surface area (Å²) in [6.45, 7) is 0. The van der Waals surface area contributed by atoms with E-state index in [9.17, 15) is 20.2 Å². The van der Waals surface area contributed by atoms with Crippen LogP contribution in [0.25, 0.3) is 6.08 Å². The minimum atomic E-state index is -0.605. The smallest absolute Gasteiger partial charge is 0.270 e. The highest BCUT2D eigenvalue weighted by Gasteiger charge is 2.14. The van der Waals surface area contributed by atoms with Gasteiger partial charge in [-0.1, -0.05) is 28.1 Å². The SMILES string of the molecule is N#C/C(=C\c1cccc(Br)c1)C(=O)Nc1ccc([N+](=O)[O-])cc1Br. The lowest BCUT2D eigenvalue weighted by molar-refractivity contribution is -0.384. The second-order valence-electron chi connectivity index (χ2n) is 4.60. The highest BCUT2D eigenvalue weighted by molar-refractivity contribution is 9.10. The second kappa shape index (κ2) is 7.86. The number of non-ortho nitro benzene ring substituents is 1. The van der Waals surface area contributed by atoms with Gasteiger partial charge in [0.15, 0.2) is 0 Å². The number of halogens is 2. The van der Waals surface area contributed by atoms with E-state index in [0.717, 1.165) is 4.47 Å². The van der Waals surface area contributed by atoms with Crippen molar-refractivity contribution in [1.82, 2.24) is 0 Å². The standard InChI is InChI=1S/C16H9Br2N3O3/c17-12-3-1-2-10(7-12)6-11(9-19)16(22)20-15-5-4-13(21(23)24)8-14(15)18/h1-8H,(H,20,22)/b11-6+. The molecule has 8 heteroatoms. The molecule has 1 amide bonds. The van der Waals surface area contributed by atoms with Crippen LogP contribution in [0.3, 0.4) is 0 Å². The maximum absolute atomic E-state index is 12.2. The van der Waals surface area contributed by atoms with Crippen molar-refractivity contribution in [1.29, 1.82) is 5.26 Å². The summed E-state index contributed by atoms with van der Waals surface area (Å²) in [5.74, 6) is -0.605. The Morgan fingerprint density at radius 3 is 2.58 bits per heavy atom. The number of hydrogen-bond donors (Lipinski definition) is 1.